The molecule has 0 bridgehead atoms. The van der Waals surface area contributed by atoms with Crippen molar-refractivity contribution in [3.05, 3.63) is 44.6 Å². The van der Waals surface area contributed by atoms with Crippen molar-refractivity contribution in [3.63, 3.8) is 0 Å². The van der Waals surface area contributed by atoms with E-state index in [0.29, 0.717) is 5.69 Å². The van der Waals surface area contributed by atoms with Gasteiger partial charge in [0, 0.05) is 18.0 Å². The average Bonchev–Trinajstić information content (AvgIpc) is 3.10. The molecule has 1 aliphatic rings. The van der Waals surface area contributed by atoms with Crippen molar-refractivity contribution in [2.45, 2.75) is 26.3 Å². The molecule has 1 aromatic carbocycles. The lowest BCUT2D eigenvalue weighted by molar-refractivity contribution is -0.130. The maximum atomic E-state index is 13.1. The first-order valence-corrected chi connectivity index (χ1v) is 8.12. The SMILES string of the molecule is Cc1sc(=O)n(CC(=O)N2CCCC2)c1-c1ccc(F)cc1. The monoisotopic (exact) mass is 320 g/mol. The molecule has 0 aliphatic carbocycles. The highest BCUT2D eigenvalue weighted by atomic mass is 32.1. The van der Waals surface area contributed by atoms with Gasteiger partial charge in [0.15, 0.2) is 0 Å². The first-order chi connectivity index (χ1) is 10.6. The highest BCUT2D eigenvalue weighted by Gasteiger charge is 2.21. The highest BCUT2D eigenvalue weighted by Crippen LogP contribution is 2.25. The molecule has 2 aromatic rings. The fourth-order valence-electron chi connectivity index (χ4n) is 2.83. The zero-order valence-electron chi connectivity index (χ0n) is 12.3. The van der Waals surface area contributed by atoms with Gasteiger partial charge in [0.1, 0.15) is 12.4 Å². The van der Waals surface area contributed by atoms with Crippen LogP contribution in [0.5, 0.6) is 0 Å². The van der Waals surface area contributed by atoms with E-state index in [2.05, 4.69) is 0 Å². The molecule has 1 aliphatic heterocycles. The molecule has 3 rings (SSSR count). The summed E-state index contributed by atoms with van der Waals surface area (Å²) < 4.78 is 14.6. The number of nitrogens with zero attached hydrogens (tertiary/aromatic N) is 2. The number of aryl methyl sites for hydroxylation is 1. The van der Waals surface area contributed by atoms with Crippen LogP contribution in [0.1, 0.15) is 17.7 Å². The fraction of sp³-hybridized carbons (Fsp3) is 0.375. The molecule has 1 saturated heterocycles. The minimum Gasteiger partial charge on any atom is -0.341 e. The Morgan fingerprint density at radius 3 is 2.50 bits per heavy atom. The molecule has 0 spiro atoms. The van der Waals surface area contributed by atoms with Gasteiger partial charge in [-0.1, -0.05) is 11.3 Å². The Hall–Kier alpha value is -1.95. The number of hydrogen-bond acceptors (Lipinski definition) is 3. The number of likely N-dealkylation sites (tertiary alicyclic amines) is 1. The van der Waals surface area contributed by atoms with Crippen LogP contribution in [0.3, 0.4) is 0 Å². The third-order valence-electron chi connectivity index (χ3n) is 3.93. The second-order valence-corrected chi connectivity index (χ2v) is 6.62. The van der Waals surface area contributed by atoms with Gasteiger partial charge in [-0.05, 0) is 49.6 Å². The molecular formula is C16H17FN2O2S. The summed E-state index contributed by atoms with van der Waals surface area (Å²) in [5, 5.41) is 0. The minimum atomic E-state index is -0.321. The molecule has 1 aromatic heterocycles. The summed E-state index contributed by atoms with van der Waals surface area (Å²) in [7, 11) is 0. The van der Waals surface area contributed by atoms with Gasteiger partial charge in [-0.15, -0.1) is 0 Å². The Balaban J connectivity index is 1.95. The van der Waals surface area contributed by atoms with Crippen LogP contribution >= 0.6 is 11.3 Å². The number of carbonyl (C=O) groups excluding carboxylic acids is 1. The topological polar surface area (TPSA) is 42.3 Å². The minimum absolute atomic E-state index is 0.0271. The van der Waals surface area contributed by atoms with Gasteiger partial charge in [-0.25, -0.2) is 4.39 Å². The van der Waals surface area contributed by atoms with Gasteiger partial charge in [-0.2, -0.15) is 0 Å². The number of aromatic nitrogens is 1. The van der Waals surface area contributed by atoms with Gasteiger partial charge < -0.3 is 4.90 Å². The Labute approximate surface area is 131 Å². The summed E-state index contributed by atoms with van der Waals surface area (Å²) in [6, 6.07) is 6.01. The largest absolute Gasteiger partial charge is 0.341 e. The molecular weight excluding hydrogens is 303 g/mol. The maximum absolute atomic E-state index is 13.1. The summed E-state index contributed by atoms with van der Waals surface area (Å²) in [5.41, 5.74) is 1.47. The second-order valence-electron chi connectivity index (χ2n) is 5.45. The molecule has 4 nitrogen and oxygen atoms in total. The number of benzene rings is 1. The van der Waals surface area contributed by atoms with E-state index in [9.17, 15) is 14.0 Å². The normalized spacial score (nSPS) is 14.5. The highest BCUT2D eigenvalue weighted by molar-refractivity contribution is 7.09. The smallest absolute Gasteiger partial charge is 0.308 e. The van der Waals surface area contributed by atoms with Crippen molar-refractivity contribution in [1.29, 1.82) is 0 Å². The van der Waals surface area contributed by atoms with E-state index in [1.807, 2.05) is 6.92 Å². The molecule has 1 fully saturated rings. The molecule has 1 amide bonds. The third-order valence-corrected chi connectivity index (χ3v) is 4.83. The van der Waals surface area contributed by atoms with E-state index in [4.69, 9.17) is 0 Å². The van der Waals surface area contributed by atoms with Gasteiger partial charge >= 0.3 is 4.87 Å². The molecule has 0 saturated carbocycles. The quantitative estimate of drug-likeness (QED) is 0.872. The first kappa shape index (κ1) is 15.0. The number of halogens is 1. The lowest BCUT2D eigenvalue weighted by Gasteiger charge is -2.16. The summed E-state index contributed by atoms with van der Waals surface area (Å²) in [6.45, 7) is 3.43. The van der Waals surface area contributed by atoms with E-state index in [0.717, 1.165) is 47.7 Å². The molecule has 0 N–H and O–H groups in total. The van der Waals surface area contributed by atoms with Crippen molar-refractivity contribution in [1.82, 2.24) is 9.47 Å². The van der Waals surface area contributed by atoms with Crippen LogP contribution in [0.15, 0.2) is 29.1 Å². The van der Waals surface area contributed by atoms with Crippen LogP contribution in [0.4, 0.5) is 4.39 Å². The number of rotatable bonds is 3. The molecule has 0 atom stereocenters. The number of hydrogen-bond donors (Lipinski definition) is 0. The van der Waals surface area contributed by atoms with Crippen molar-refractivity contribution >= 4 is 17.2 Å². The predicted molar refractivity (Wildman–Crippen MR) is 84.5 cm³/mol. The zero-order chi connectivity index (χ0) is 15.7. The molecule has 116 valence electrons. The summed E-state index contributed by atoms with van der Waals surface area (Å²) >= 11 is 1.12. The van der Waals surface area contributed by atoms with Crippen LogP contribution in [-0.2, 0) is 11.3 Å². The Bertz CT molecular complexity index is 742. The molecule has 22 heavy (non-hydrogen) atoms. The molecule has 6 heteroatoms. The van der Waals surface area contributed by atoms with Crippen LogP contribution in [0.25, 0.3) is 11.3 Å². The second kappa shape index (κ2) is 6.04. The lowest BCUT2D eigenvalue weighted by Crippen LogP contribution is -2.33. The first-order valence-electron chi connectivity index (χ1n) is 7.30. The van der Waals surface area contributed by atoms with Crippen molar-refractivity contribution in [2.75, 3.05) is 13.1 Å². The molecule has 0 unspecified atom stereocenters. The summed E-state index contributed by atoms with van der Waals surface area (Å²) in [4.78, 5) is 27.0. The van der Waals surface area contributed by atoms with Crippen LogP contribution in [-0.4, -0.2) is 28.5 Å². The van der Waals surface area contributed by atoms with Gasteiger partial charge in [0.25, 0.3) is 0 Å². The third kappa shape index (κ3) is 2.83. The molecule has 0 radical (unpaired) electrons. The van der Waals surface area contributed by atoms with E-state index in [1.54, 1.807) is 17.0 Å². The van der Waals surface area contributed by atoms with E-state index in [1.165, 1.54) is 16.7 Å². The number of amides is 1. The van der Waals surface area contributed by atoms with Crippen molar-refractivity contribution in [3.8, 4) is 11.3 Å². The predicted octanol–water partition coefficient (Wildman–Crippen LogP) is 2.65. The fourth-order valence-corrected chi connectivity index (χ4v) is 3.68. The maximum Gasteiger partial charge on any atom is 0.308 e. The van der Waals surface area contributed by atoms with Crippen LogP contribution in [0, 0.1) is 12.7 Å². The van der Waals surface area contributed by atoms with Gasteiger partial charge in [0.05, 0.1) is 5.69 Å². The molecule has 2 heterocycles. The van der Waals surface area contributed by atoms with Gasteiger partial charge in [0.2, 0.25) is 5.91 Å². The van der Waals surface area contributed by atoms with Gasteiger partial charge in [-0.3, -0.25) is 14.2 Å². The van der Waals surface area contributed by atoms with Crippen LogP contribution in [0.2, 0.25) is 0 Å². The van der Waals surface area contributed by atoms with E-state index in [-0.39, 0.29) is 23.1 Å². The number of carbonyl (C=O) groups is 1. The van der Waals surface area contributed by atoms with E-state index < -0.39 is 0 Å². The van der Waals surface area contributed by atoms with E-state index >= 15 is 0 Å². The van der Waals surface area contributed by atoms with Crippen LogP contribution < -0.4 is 4.87 Å². The standard InChI is InChI=1S/C16H17FN2O2S/c1-11-15(12-4-6-13(17)7-5-12)19(16(21)22-11)10-14(20)18-8-2-3-9-18/h4-7H,2-3,8-10H2,1H3. The number of thiazole rings is 1. The average molecular weight is 320 g/mol. The Kier molecular flexibility index (Phi) is 4.11. The van der Waals surface area contributed by atoms with Crippen molar-refractivity contribution in [2.24, 2.45) is 0 Å². The zero-order valence-corrected chi connectivity index (χ0v) is 13.2. The Morgan fingerprint density at radius 1 is 1.23 bits per heavy atom. The summed E-state index contributed by atoms with van der Waals surface area (Å²) in [6.07, 6.45) is 2.04. The Morgan fingerprint density at radius 2 is 1.86 bits per heavy atom. The summed E-state index contributed by atoms with van der Waals surface area (Å²) in [5.74, 6) is -0.348. The lowest BCUT2D eigenvalue weighted by atomic mass is 10.1. The van der Waals surface area contributed by atoms with Crippen molar-refractivity contribution < 1.29 is 9.18 Å².